The Morgan fingerprint density at radius 1 is 0.788 bits per heavy atom. The zero-order chi connectivity index (χ0) is 22.6. The fraction of sp³-hybridized carbons (Fsp3) is 0.148. The quantitative estimate of drug-likeness (QED) is 0.387. The highest BCUT2D eigenvalue weighted by Crippen LogP contribution is 2.12. The zero-order valence-corrected chi connectivity index (χ0v) is 18.2. The highest BCUT2D eigenvalue weighted by atomic mass is 16.2. The standard InChI is InChI=1S/C27H24N4O2/c32-26-24-15-7-8-16-25(24)30(27(33)31(26)23-13-5-2-6-14-23)17-9-12-22-19-29(20-28-22)18-21-10-3-1-4-11-21/h1-8,10-11,13-16,19-20H,9,12,17-18H2. The lowest BCUT2D eigenvalue weighted by molar-refractivity contribution is 0.607. The van der Waals surface area contributed by atoms with Crippen LogP contribution in [0.5, 0.6) is 0 Å². The van der Waals surface area contributed by atoms with Gasteiger partial charge in [0.2, 0.25) is 0 Å². The highest BCUT2D eigenvalue weighted by molar-refractivity contribution is 5.78. The predicted molar refractivity (Wildman–Crippen MR) is 130 cm³/mol. The molecule has 2 heterocycles. The molecule has 5 rings (SSSR count). The maximum absolute atomic E-state index is 13.4. The number of nitrogens with zero attached hydrogens (tertiary/aromatic N) is 4. The number of fused-ring (bicyclic) bond motifs is 1. The highest BCUT2D eigenvalue weighted by Gasteiger charge is 2.14. The number of aromatic nitrogens is 4. The van der Waals surface area contributed by atoms with Gasteiger partial charge in [-0.25, -0.2) is 14.3 Å². The van der Waals surface area contributed by atoms with Crippen molar-refractivity contribution in [1.82, 2.24) is 18.7 Å². The lowest BCUT2D eigenvalue weighted by atomic mass is 10.2. The molecular formula is C27H24N4O2. The maximum atomic E-state index is 13.4. The van der Waals surface area contributed by atoms with Crippen molar-refractivity contribution < 1.29 is 0 Å². The van der Waals surface area contributed by atoms with Crippen LogP contribution in [0.4, 0.5) is 0 Å². The second kappa shape index (κ2) is 9.12. The summed E-state index contributed by atoms with van der Waals surface area (Å²) in [6.07, 6.45) is 5.38. The summed E-state index contributed by atoms with van der Waals surface area (Å²) in [6.45, 7) is 1.28. The minimum atomic E-state index is -0.320. The van der Waals surface area contributed by atoms with Crippen LogP contribution >= 0.6 is 0 Å². The Labute approximate surface area is 191 Å². The van der Waals surface area contributed by atoms with Gasteiger partial charge in [-0.3, -0.25) is 9.36 Å². The molecule has 0 fully saturated rings. The molecule has 0 aliphatic heterocycles. The molecule has 0 saturated heterocycles. The number of hydrogen-bond donors (Lipinski definition) is 0. The van der Waals surface area contributed by atoms with Gasteiger partial charge in [0.05, 0.1) is 28.6 Å². The molecule has 0 bridgehead atoms. The van der Waals surface area contributed by atoms with Gasteiger partial charge in [0.1, 0.15) is 0 Å². The van der Waals surface area contributed by atoms with Gasteiger partial charge in [-0.15, -0.1) is 0 Å². The number of para-hydroxylation sites is 2. The molecule has 0 spiro atoms. The molecule has 0 aliphatic rings. The van der Waals surface area contributed by atoms with Crippen LogP contribution in [-0.2, 0) is 19.5 Å². The summed E-state index contributed by atoms with van der Waals surface area (Å²) in [5.74, 6) is 0. The van der Waals surface area contributed by atoms with Crippen LogP contribution in [0.15, 0.2) is 107 Å². The summed E-state index contributed by atoms with van der Waals surface area (Å²) in [5, 5.41) is 0.535. The second-order valence-electron chi connectivity index (χ2n) is 8.05. The number of imidazole rings is 1. The first-order chi connectivity index (χ1) is 16.2. The van der Waals surface area contributed by atoms with Crippen LogP contribution in [0.2, 0.25) is 0 Å². The molecule has 5 aromatic rings. The van der Waals surface area contributed by atoms with Crippen molar-refractivity contribution in [1.29, 1.82) is 0 Å². The van der Waals surface area contributed by atoms with Gasteiger partial charge in [-0.1, -0.05) is 60.7 Å². The Kier molecular flexibility index (Phi) is 5.72. The summed E-state index contributed by atoms with van der Waals surface area (Å²) in [7, 11) is 0. The first-order valence-corrected chi connectivity index (χ1v) is 11.1. The van der Waals surface area contributed by atoms with Crippen molar-refractivity contribution in [2.45, 2.75) is 25.9 Å². The van der Waals surface area contributed by atoms with E-state index in [1.54, 1.807) is 22.8 Å². The molecule has 0 saturated carbocycles. The van der Waals surface area contributed by atoms with Gasteiger partial charge < -0.3 is 4.57 Å². The van der Waals surface area contributed by atoms with Gasteiger partial charge in [-0.2, -0.15) is 0 Å². The van der Waals surface area contributed by atoms with E-state index in [0.717, 1.165) is 25.1 Å². The van der Waals surface area contributed by atoms with Crippen molar-refractivity contribution >= 4 is 10.9 Å². The lowest BCUT2D eigenvalue weighted by Crippen LogP contribution is -2.39. The molecule has 0 amide bonds. The number of aryl methyl sites for hydroxylation is 2. The molecule has 0 radical (unpaired) electrons. The van der Waals surface area contributed by atoms with E-state index in [-0.39, 0.29) is 11.2 Å². The fourth-order valence-corrected chi connectivity index (χ4v) is 4.18. The fourth-order valence-electron chi connectivity index (χ4n) is 4.18. The Morgan fingerprint density at radius 3 is 2.27 bits per heavy atom. The molecule has 3 aromatic carbocycles. The predicted octanol–water partition coefficient (Wildman–Crippen LogP) is 4.03. The Morgan fingerprint density at radius 2 is 1.48 bits per heavy atom. The maximum Gasteiger partial charge on any atom is 0.336 e. The summed E-state index contributed by atoms with van der Waals surface area (Å²) < 4.78 is 5.03. The van der Waals surface area contributed by atoms with Gasteiger partial charge in [0.15, 0.2) is 0 Å². The van der Waals surface area contributed by atoms with Crippen LogP contribution in [0.25, 0.3) is 16.6 Å². The summed E-state index contributed by atoms with van der Waals surface area (Å²) >= 11 is 0. The SMILES string of the molecule is O=c1c2ccccc2n(CCCc2cn(Cc3ccccc3)cn2)c(=O)n1-c1ccccc1. The third-order valence-electron chi connectivity index (χ3n) is 5.77. The van der Waals surface area contributed by atoms with Crippen LogP contribution in [0.1, 0.15) is 17.7 Å². The monoisotopic (exact) mass is 436 g/mol. The summed E-state index contributed by atoms with van der Waals surface area (Å²) in [6, 6.07) is 26.6. The molecule has 33 heavy (non-hydrogen) atoms. The van der Waals surface area contributed by atoms with E-state index in [0.29, 0.717) is 23.1 Å². The molecular weight excluding hydrogens is 412 g/mol. The van der Waals surface area contributed by atoms with E-state index >= 15 is 0 Å². The van der Waals surface area contributed by atoms with Gasteiger partial charge in [-0.05, 0) is 42.7 Å². The van der Waals surface area contributed by atoms with Crippen LogP contribution < -0.4 is 11.2 Å². The molecule has 0 aliphatic carbocycles. The summed E-state index contributed by atoms with van der Waals surface area (Å²) in [5.41, 5.74) is 2.83. The van der Waals surface area contributed by atoms with E-state index in [1.807, 2.05) is 60.9 Å². The Bertz CT molecular complexity index is 1500. The molecule has 6 heteroatoms. The van der Waals surface area contributed by atoms with Crippen molar-refractivity contribution in [3.05, 3.63) is 130 Å². The van der Waals surface area contributed by atoms with E-state index in [9.17, 15) is 9.59 Å². The van der Waals surface area contributed by atoms with Crippen LogP contribution in [0, 0.1) is 0 Å². The van der Waals surface area contributed by atoms with Crippen molar-refractivity contribution in [3.8, 4) is 5.69 Å². The van der Waals surface area contributed by atoms with E-state index in [2.05, 4.69) is 27.9 Å². The number of benzene rings is 3. The molecule has 2 aromatic heterocycles. The zero-order valence-electron chi connectivity index (χ0n) is 18.2. The van der Waals surface area contributed by atoms with Crippen molar-refractivity contribution in [2.75, 3.05) is 0 Å². The van der Waals surface area contributed by atoms with Gasteiger partial charge in [0, 0.05) is 19.3 Å². The van der Waals surface area contributed by atoms with Gasteiger partial charge >= 0.3 is 5.69 Å². The van der Waals surface area contributed by atoms with E-state index in [4.69, 9.17) is 0 Å². The van der Waals surface area contributed by atoms with Crippen molar-refractivity contribution in [2.24, 2.45) is 0 Å². The smallest absolute Gasteiger partial charge is 0.333 e. The minimum absolute atomic E-state index is 0.294. The molecule has 0 atom stereocenters. The topological polar surface area (TPSA) is 61.8 Å². The lowest BCUT2D eigenvalue weighted by Gasteiger charge is -2.14. The molecule has 0 unspecified atom stereocenters. The number of hydrogen-bond acceptors (Lipinski definition) is 3. The molecule has 0 N–H and O–H groups in total. The van der Waals surface area contributed by atoms with E-state index < -0.39 is 0 Å². The average molecular weight is 437 g/mol. The van der Waals surface area contributed by atoms with Crippen molar-refractivity contribution in [3.63, 3.8) is 0 Å². The number of rotatable bonds is 7. The Balaban J connectivity index is 1.40. The van der Waals surface area contributed by atoms with Crippen LogP contribution in [-0.4, -0.2) is 18.7 Å². The second-order valence-corrected chi connectivity index (χ2v) is 8.05. The summed E-state index contributed by atoms with van der Waals surface area (Å²) in [4.78, 5) is 31.0. The third kappa shape index (κ3) is 4.28. The molecule has 164 valence electrons. The van der Waals surface area contributed by atoms with E-state index in [1.165, 1.54) is 10.1 Å². The third-order valence-corrected chi connectivity index (χ3v) is 5.77. The van der Waals surface area contributed by atoms with Crippen LogP contribution in [0.3, 0.4) is 0 Å². The minimum Gasteiger partial charge on any atom is -0.333 e. The first kappa shape index (κ1) is 20.7. The first-order valence-electron chi connectivity index (χ1n) is 11.1. The average Bonchev–Trinajstić information content (AvgIpc) is 3.29. The van der Waals surface area contributed by atoms with Gasteiger partial charge in [0.25, 0.3) is 5.56 Å². The normalized spacial score (nSPS) is 11.2. The largest absolute Gasteiger partial charge is 0.336 e. The Hall–Kier alpha value is -4.19. The molecule has 6 nitrogen and oxygen atoms in total.